The zero-order valence-corrected chi connectivity index (χ0v) is 12.7. The van der Waals surface area contributed by atoms with Crippen molar-refractivity contribution in [1.29, 1.82) is 0 Å². The molecule has 0 bridgehead atoms. The average molecular weight is 244 g/mol. The fourth-order valence-corrected chi connectivity index (χ4v) is 1.97. The van der Waals surface area contributed by atoms with Crippen LogP contribution in [0.2, 0.25) is 0 Å². The Bertz CT molecular complexity index is 174. The third-order valence-electron chi connectivity index (χ3n) is 3.87. The van der Waals surface area contributed by atoms with Crippen molar-refractivity contribution in [3.8, 4) is 0 Å². The quantitative estimate of drug-likeness (QED) is 0.460. The lowest BCUT2D eigenvalue weighted by atomic mass is 10.0. The Morgan fingerprint density at radius 3 is 1.94 bits per heavy atom. The summed E-state index contributed by atoms with van der Waals surface area (Å²) in [5.41, 5.74) is 0. The second kappa shape index (κ2) is 8.93. The van der Waals surface area contributed by atoms with E-state index < -0.39 is 0 Å². The second-order valence-corrected chi connectivity index (χ2v) is 6.40. The molecule has 2 unspecified atom stereocenters. The van der Waals surface area contributed by atoms with Crippen LogP contribution < -0.4 is 0 Å². The van der Waals surface area contributed by atoms with E-state index in [4.69, 9.17) is 0 Å². The summed E-state index contributed by atoms with van der Waals surface area (Å²) in [5.74, 6) is 0. The molecule has 2 nitrogen and oxygen atoms in total. The molecule has 0 aromatic heterocycles. The number of hydrogen-bond donors (Lipinski definition) is 1. The molecule has 2 heteroatoms. The van der Waals surface area contributed by atoms with Crippen LogP contribution in [0, 0.1) is 0 Å². The zero-order chi connectivity index (χ0) is 13.3. The predicted octanol–water partition coefficient (Wildman–Crippen LogP) is 3.58. The summed E-state index contributed by atoms with van der Waals surface area (Å²) in [7, 11) is 6.79. The predicted molar refractivity (Wildman–Crippen MR) is 76.1 cm³/mol. The first-order valence-electron chi connectivity index (χ1n) is 7.37. The molecular formula is C15H34NO+. The van der Waals surface area contributed by atoms with Crippen molar-refractivity contribution < 1.29 is 9.59 Å². The van der Waals surface area contributed by atoms with Crippen LogP contribution in [-0.4, -0.2) is 42.9 Å². The van der Waals surface area contributed by atoms with Crippen molar-refractivity contribution in [2.45, 2.75) is 77.4 Å². The molecule has 0 saturated carbocycles. The Kier molecular flexibility index (Phi) is 8.89. The Morgan fingerprint density at radius 2 is 1.41 bits per heavy atom. The lowest BCUT2D eigenvalue weighted by molar-refractivity contribution is -0.894. The molecule has 0 radical (unpaired) electrons. The Labute approximate surface area is 109 Å². The van der Waals surface area contributed by atoms with Crippen LogP contribution in [0.3, 0.4) is 0 Å². The van der Waals surface area contributed by atoms with Gasteiger partial charge < -0.3 is 9.59 Å². The minimum Gasteiger partial charge on any atom is -0.393 e. The monoisotopic (exact) mass is 244 g/mol. The number of hydrogen-bond acceptors (Lipinski definition) is 1. The van der Waals surface area contributed by atoms with E-state index in [-0.39, 0.29) is 6.10 Å². The maximum Gasteiger partial charge on any atom is 0.0855 e. The van der Waals surface area contributed by atoms with Crippen molar-refractivity contribution in [3.63, 3.8) is 0 Å². The van der Waals surface area contributed by atoms with Gasteiger partial charge in [-0.1, -0.05) is 32.6 Å². The first-order chi connectivity index (χ1) is 7.88. The molecule has 2 atom stereocenters. The van der Waals surface area contributed by atoms with Crippen LogP contribution >= 0.6 is 0 Å². The van der Waals surface area contributed by atoms with E-state index in [1.54, 1.807) is 0 Å². The van der Waals surface area contributed by atoms with E-state index >= 15 is 0 Å². The first-order valence-corrected chi connectivity index (χ1v) is 7.37. The van der Waals surface area contributed by atoms with Crippen molar-refractivity contribution in [3.05, 3.63) is 0 Å². The maximum atomic E-state index is 9.71. The molecule has 0 fully saturated rings. The van der Waals surface area contributed by atoms with Crippen LogP contribution in [0.5, 0.6) is 0 Å². The molecule has 17 heavy (non-hydrogen) atoms. The summed E-state index contributed by atoms with van der Waals surface area (Å²) >= 11 is 0. The highest BCUT2D eigenvalue weighted by Crippen LogP contribution is 2.14. The van der Waals surface area contributed by atoms with E-state index in [1.807, 2.05) is 0 Å². The number of aliphatic hydroxyl groups is 1. The van der Waals surface area contributed by atoms with Crippen molar-refractivity contribution >= 4 is 0 Å². The normalized spacial score (nSPS) is 15.9. The molecule has 1 N–H and O–H groups in total. The smallest absolute Gasteiger partial charge is 0.0855 e. The highest BCUT2D eigenvalue weighted by atomic mass is 16.3. The van der Waals surface area contributed by atoms with Crippen LogP contribution in [0.25, 0.3) is 0 Å². The topological polar surface area (TPSA) is 20.2 Å². The van der Waals surface area contributed by atoms with Crippen molar-refractivity contribution in [2.75, 3.05) is 21.1 Å². The lowest BCUT2D eigenvalue weighted by Gasteiger charge is -2.31. The number of aliphatic hydroxyl groups excluding tert-OH is 1. The summed E-state index contributed by atoms with van der Waals surface area (Å²) < 4.78 is 1.05. The summed E-state index contributed by atoms with van der Waals surface area (Å²) in [4.78, 5) is 0. The highest BCUT2D eigenvalue weighted by molar-refractivity contribution is 4.57. The van der Waals surface area contributed by atoms with Crippen LogP contribution in [-0.2, 0) is 0 Å². The van der Waals surface area contributed by atoms with E-state index in [0.717, 1.165) is 23.4 Å². The minimum atomic E-state index is -0.0502. The van der Waals surface area contributed by atoms with Gasteiger partial charge in [-0.2, -0.15) is 0 Å². The van der Waals surface area contributed by atoms with E-state index in [1.165, 1.54) is 38.5 Å². The largest absolute Gasteiger partial charge is 0.393 e. The van der Waals surface area contributed by atoms with Gasteiger partial charge in [0.15, 0.2) is 0 Å². The van der Waals surface area contributed by atoms with E-state index in [9.17, 15) is 5.11 Å². The van der Waals surface area contributed by atoms with Gasteiger partial charge in [0.1, 0.15) is 0 Å². The number of rotatable bonds is 10. The van der Waals surface area contributed by atoms with Gasteiger partial charge in [-0.15, -0.1) is 0 Å². The summed E-state index contributed by atoms with van der Waals surface area (Å²) in [6.45, 7) is 4.51. The second-order valence-electron chi connectivity index (χ2n) is 6.40. The molecule has 104 valence electrons. The van der Waals surface area contributed by atoms with Crippen molar-refractivity contribution in [2.24, 2.45) is 0 Å². The highest BCUT2D eigenvalue weighted by Gasteiger charge is 2.17. The lowest BCUT2D eigenvalue weighted by Crippen LogP contribution is -2.43. The molecule has 0 amide bonds. The molecule has 0 aliphatic carbocycles. The number of quaternary nitrogens is 1. The van der Waals surface area contributed by atoms with Gasteiger partial charge in [0.25, 0.3) is 0 Å². The molecule has 0 aromatic carbocycles. The third kappa shape index (κ3) is 9.61. The molecule has 0 spiro atoms. The van der Waals surface area contributed by atoms with Gasteiger partial charge in [0.05, 0.1) is 33.3 Å². The summed E-state index contributed by atoms with van der Waals surface area (Å²) in [5, 5.41) is 9.71. The summed E-state index contributed by atoms with van der Waals surface area (Å²) in [6.07, 6.45) is 9.36. The van der Waals surface area contributed by atoms with Gasteiger partial charge >= 0.3 is 0 Å². The maximum absolute atomic E-state index is 9.71. The fraction of sp³-hybridized carbons (Fsp3) is 1.00. The first kappa shape index (κ1) is 16.9. The van der Waals surface area contributed by atoms with E-state index in [0.29, 0.717) is 0 Å². The number of unbranched alkanes of at least 4 members (excludes halogenated alkanes) is 3. The Morgan fingerprint density at radius 1 is 0.882 bits per heavy atom. The third-order valence-corrected chi connectivity index (χ3v) is 3.87. The summed E-state index contributed by atoms with van der Waals surface area (Å²) in [6, 6.07) is 0.736. The van der Waals surface area contributed by atoms with Crippen molar-refractivity contribution in [1.82, 2.24) is 0 Å². The SMILES string of the molecule is CCCCC(O)CCCCCC(C)[N+](C)(C)C. The van der Waals surface area contributed by atoms with Crippen LogP contribution in [0.15, 0.2) is 0 Å². The average Bonchev–Trinajstić information content (AvgIpc) is 2.24. The van der Waals surface area contributed by atoms with Gasteiger partial charge in [0.2, 0.25) is 0 Å². The molecular weight excluding hydrogens is 210 g/mol. The minimum absolute atomic E-state index is 0.0502. The van der Waals surface area contributed by atoms with Gasteiger partial charge in [-0.3, -0.25) is 0 Å². The Balaban J connectivity index is 3.40. The zero-order valence-electron chi connectivity index (χ0n) is 12.7. The molecule has 0 heterocycles. The Hall–Kier alpha value is -0.0800. The van der Waals surface area contributed by atoms with Gasteiger partial charge in [-0.25, -0.2) is 0 Å². The number of nitrogens with zero attached hydrogens (tertiary/aromatic N) is 1. The molecule has 0 saturated heterocycles. The molecule has 0 aliphatic rings. The van der Waals surface area contributed by atoms with Gasteiger partial charge in [-0.05, 0) is 32.6 Å². The standard InChI is InChI=1S/C15H34NO/c1-6-7-12-15(17)13-10-8-9-11-14(2)16(3,4)5/h14-15,17H,6-13H2,1-5H3/q+1. The molecule has 0 aromatic rings. The molecule has 0 rings (SSSR count). The van der Waals surface area contributed by atoms with Crippen LogP contribution in [0.4, 0.5) is 0 Å². The van der Waals surface area contributed by atoms with Gasteiger partial charge in [0, 0.05) is 0 Å². The fourth-order valence-electron chi connectivity index (χ4n) is 1.97. The van der Waals surface area contributed by atoms with E-state index in [2.05, 4.69) is 35.0 Å². The van der Waals surface area contributed by atoms with Crippen LogP contribution in [0.1, 0.15) is 65.2 Å². The molecule has 0 aliphatic heterocycles.